The first-order valence-corrected chi connectivity index (χ1v) is 16.9. The fourth-order valence-electron chi connectivity index (χ4n) is 5.45. The van der Waals surface area contributed by atoms with E-state index in [0.717, 1.165) is 30.3 Å². The van der Waals surface area contributed by atoms with E-state index in [2.05, 4.69) is 16.9 Å². The molecule has 1 aliphatic heterocycles. The van der Waals surface area contributed by atoms with Crippen molar-refractivity contribution in [2.24, 2.45) is 0 Å². The number of sulfone groups is 1. The van der Waals surface area contributed by atoms with Crippen LogP contribution in [-0.4, -0.2) is 34.9 Å². The third-order valence-corrected chi connectivity index (χ3v) is 9.31. The number of nitrogens with zero attached hydrogens (tertiary/aromatic N) is 3. The Kier molecular flexibility index (Phi) is 12.6. The Bertz CT molecular complexity index is 1330. The summed E-state index contributed by atoms with van der Waals surface area (Å²) in [6.45, 7) is 3.61. The highest BCUT2D eigenvalue weighted by molar-refractivity contribution is 7.90. The molecule has 0 radical (unpaired) electrons. The summed E-state index contributed by atoms with van der Waals surface area (Å²) in [5.41, 5.74) is -1.01. The molecule has 6 nitrogen and oxygen atoms in total. The number of allylic oxidation sites excluding steroid dienone is 2. The van der Waals surface area contributed by atoms with Gasteiger partial charge in [0.1, 0.15) is 11.3 Å². The van der Waals surface area contributed by atoms with Gasteiger partial charge in [-0.1, -0.05) is 115 Å². The first kappa shape index (κ1) is 33.0. The van der Waals surface area contributed by atoms with Crippen molar-refractivity contribution in [3.05, 3.63) is 57.5 Å². The normalized spacial score (nSPS) is 13.7. The number of rotatable bonds is 18. The molecular weight excluding hydrogens is 551 g/mol. The lowest BCUT2D eigenvalue weighted by Gasteiger charge is -2.12. The lowest BCUT2D eigenvalue weighted by Crippen LogP contribution is -2.28. The van der Waals surface area contributed by atoms with Crippen molar-refractivity contribution < 1.29 is 21.6 Å². The van der Waals surface area contributed by atoms with Gasteiger partial charge in [-0.05, 0) is 30.0 Å². The molecule has 0 N–H and O–H groups in total. The van der Waals surface area contributed by atoms with Crippen LogP contribution in [0.5, 0.6) is 0 Å². The SMILES string of the molecule is CCCCCCCCCCCCCCCCS(=O)(=O)Cc1nc2n(c(=O)n1)CC(c1ccccc1C)=C2C(F)(F)F. The Labute approximate surface area is 242 Å². The van der Waals surface area contributed by atoms with E-state index in [0.29, 0.717) is 17.5 Å². The van der Waals surface area contributed by atoms with Gasteiger partial charge >= 0.3 is 11.9 Å². The molecule has 2 heterocycles. The Hall–Kier alpha value is -2.49. The Morgan fingerprint density at radius 1 is 0.829 bits per heavy atom. The average Bonchev–Trinajstić information content (AvgIpc) is 3.29. The number of unbranched alkanes of at least 4 members (excludes halogenated alkanes) is 13. The number of alkyl halides is 3. The molecule has 1 aliphatic rings. The molecule has 3 rings (SSSR count). The second kappa shape index (κ2) is 15.7. The summed E-state index contributed by atoms with van der Waals surface area (Å²) in [4.78, 5) is 20.4. The lowest BCUT2D eigenvalue weighted by molar-refractivity contribution is -0.0688. The Morgan fingerprint density at radius 3 is 1.90 bits per heavy atom. The summed E-state index contributed by atoms with van der Waals surface area (Å²) in [5.74, 6) is -1.72. The number of halogens is 3. The van der Waals surface area contributed by atoms with E-state index in [1.807, 2.05) is 0 Å². The summed E-state index contributed by atoms with van der Waals surface area (Å²) in [6, 6.07) is 6.63. The van der Waals surface area contributed by atoms with Crippen LogP contribution in [-0.2, 0) is 22.1 Å². The van der Waals surface area contributed by atoms with Crippen molar-refractivity contribution in [3.63, 3.8) is 0 Å². The second-order valence-corrected chi connectivity index (χ2v) is 13.4. The quantitative estimate of drug-likeness (QED) is 0.164. The van der Waals surface area contributed by atoms with Crippen LogP contribution in [0, 0.1) is 6.92 Å². The van der Waals surface area contributed by atoms with Gasteiger partial charge in [0.15, 0.2) is 21.5 Å². The molecule has 2 aromatic rings. The molecule has 0 saturated heterocycles. The smallest absolute Gasteiger partial charge is 0.271 e. The molecule has 10 heteroatoms. The fourth-order valence-corrected chi connectivity index (χ4v) is 6.76. The maximum Gasteiger partial charge on any atom is 0.420 e. The molecule has 0 fully saturated rings. The molecule has 0 atom stereocenters. The summed E-state index contributed by atoms with van der Waals surface area (Å²) in [5, 5.41) is 0. The number of benzene rings is 1. The van der Waals surface area contributed by atoms with Crippen LogP contribution in [0.2, 0.25) is 0 Å². The van der Waals surface area contributed by atoms with E-state index < -0.39 is 38.9 Å². The van der Waals surface area contributed by atoms with E-state index in [-0.39, 0.29) is 23.7 Å². The van der Waals surface area contributed by atoms with Gasteiger partial charge in [-0.3, -0.25) is 4.57 Å². The summed E-state index contributed by atoms with van der Waals surface area (Å²) in [6.07, 6.45) is 11.3. The predicted octanol–water partition coefficient (Wildman–Crippen LogP) is 7.83. The minimum Gasteiger partial charge on any atom is -0.271 e. The summed E-state index contributed by atoms with van der Waals surface area (Å²) >= 11 is 0. The number of hydrogen-bond donors (Lipinski definition) is 0. The van der Waals surface area contributed by atoms with Crippen molar-refractivity contribution in [2.75, 3.05) is 5.75 Å². The van der Waals surface area contributed by atoms with Crippen LogP contribution in [0.25, 0.3) is 11.1 Å². The molecule has 1 aromatic carbocycles. The zero-order valence-corrected chi connectivity index (χ0v) is 25.3. The van der Waals surface area contributed by atoms with E-state index in [1.54, 1.807) is 31.2 Å². The van der Waals surface area contributed by atoms with Crippen LogP contribution < -0.4 is 5.69 Å². The molecule has 0 bridgehead atoms. The zero-order valence-electron chi connectivity index (χ0n) is 24.4. The van der Waals surface area contributed by atoms with Gasteiger partial charge in [0.05, 0.1) is 12.3 Å². The summed E-state index contributed by atoms with van der Waals surface area (Å²) in [7, 11) is -3.68. The van der Waals surface area contributed by atoms with E-state index in [4.69, 9.17) is 0 Å². The first-order chi connectivity index (χ1) is 19.5. The minimum atomic E-state index is -4.78. The molecule has 0 spiro atoms. The van der Waals surface area contributed by atoms with Crippen LogP contribution in [0.4, 0.5) is 13.2 Å². The van der Waals surface area contributed by atoms with Crippen molar-refractivity contribution in [2.45, 2.75) is 122 Å². The second-order valence-electron chi connectivity index (χ2n) is 11.2. The highest BCUT2D eigenvalue weighted by atomic mass is 32.2. The number of fused-ring (bicyclic) bond motifs is 1. The number of hydrogen-bond acceptors (Lipinski definition) is 5. The van der Waals surface area contributed by atoms with Crippen molar-refractivity contribution >= 4 is 21.0 Å². The molecule has 228 valence electrons. The van der Waals surface area contributed by atoms with Gasteiger partial charge in [0.2, 0.25) is 0 Å². The highest BCUT2D eigenvalue weighted by Crippen LogP contribution is 2.43. The molecule has 0 unspecified atom stereocenters. The van der Waals surface area contributed by atoms with Gasteiger partial charge in [-0.25, -0.2) is 18.2 Å². The van der Waals surface area contributed by atoms with Gasteiger partial charge in [-0.15, -0.1) is 0 Å². The predicted molar refractivity (Wildman–Crippen MR) is 158 cm³/mol. The Balaban J connectivity index is 1.49. The monoisotopic (exact) mass is 595 g/mol. The van der Waals surface area contributed by atoms with Crippen molar-refractivity contribution in [1.82, 2.24) is 14.5 Å². The van der Waals surface area contributed by atoms with E-state index >= 15 is 0 Å². The van der Waals surface area contributed by atoms with Gasteiger partial charge < -0.3 is 0 Å². The van der Waals surface area contributed by atoms with Crippen molar-refractivity contribution in [3.8, 4) is 0 Å². The van der Waals surface area contributed by atoms with Crippen LogP contribution in [0.15, 0.2) is 29.1 Å². The molecule has 1 aromatic heterocycles. The maximum absolute atomic E-state index is 14.2. The number of aryl methyl sites for hydroxylation is 1. The first-order valence-electron chi connectivity index (χ1n) is 15.1. The van der Waals surface area contributed by atoms with Gasteiger partial charge in [0, 0.05) is 0 Å². The lowest BCUT2D eigenvalue weighted by atomic mass is 9.97. The molecule has 0 aliphatic carbocycles. The third-order valence-electron chi connectivity index (χ3n) is 7.70. The third kappa shape index (κ3) is 10.1. The van der Waals surface area contributed by atoms with Gasteiger partial charge in [0.25, 0.3) is 0 Å². The maximum atomic E-state index is 14.2. The average molecular weight is 596 g/mol. The van der Waals surface area contributed by atoms with Crippen LogP contribution in [0.3, 0.4) is 0 Å². The summed E-state index contributed by atoms with van der Waals surface area (Å²) < 4.78 is 68.8. The van der Waals surface area contributed by atoms with E-state index in [9.17, 15) is 26.4 Å². The fraction of sp³-hybridized carbons (Fsp3) is 0.645. The minimum absolute atomic E-state index is 0.0654. The molecular formula is C31H44F3N3O3S. The van der Waals surface area contributed by atoms with Gasteiger partial charge in [-0.2, -0.15) is 18.2 Å². The molecule has 0 saturated carbocycles. The molecule has 41 heavy (non-hydrogen) atoms. The van der Waals surface area contributed by atoms with Crippen LogP contribution >= 0.6 is 0 Å². The molecule has 0 amide bonds. The topological polar surface area (TPSA) is 81.9 Å². The Morgan fingerprint density at radius 2 is 1.37 bits per heavy atom. The standard InChI is InChI=1S/C31H44F3N3O3S/c1-3-4-5-6-7-8-9-10-11-12-13-14-15-18-21-41(39,40)23-27-35-29-28(31(32,33)34)26(22-37(29)30(38)36-27)25-20-17-16-19-24(25)2/h16-17,19-20H,3-15,18,21-23H2,1-2H3. The van der Waals surface area contributed by atoms with Crippen molar-refractivity contribution in [1.29, 1.82) is 0 Å². The highest BCUT2D eigenvalue weighted by Gasteiger charge is 2.44. The zero-order chi connectivity index (χ0) is 29.9. The number of aromatic nitrogens is 3. The van der Waals surface area contributed by atoms with Crippen LogP contribution in [0.1, 0.15) is 120 Å². The van der Waals surface area contributed by atoms with E-state index in [1.165, 1.54) is 57.8 Å². The largest absolute Gasteiger partial charge is 0.420 e.